The number of para-hydroxylation sites is 1. The first-order valence-electron chi connectivity index (χ1n) is 7.61. The molecule has 0 unspecified atom stereocenters. The smallest absolute Gasteiger partial charge is 0.0744 e. The zero-order valence-electron chi connectivity index (χ0n) is 13.1. The third-order valence-electron chi connectivity index (χ3n) is 4.00. The van der Waals surface area contributed by atoms with Gasteiger partial charge in [-0.05, 0) is 43.7 Å². The normalized spacial score (nSPS) is 11.0. The van der Waals surface area contributed by atoms with Crippen molar-refractivity contribution in [3.8, 4) is 16.9 Å². The Hall–Kier alpha value is -2.94. The number of nitrogens with zero attached hydrogens (tertiary/aromatic N) is 3. The van der Waals surface area contributed by atoms with Crippen LogP contribution < -0.4 is 0 Å². The number of hydrogen-bond donors (Lipinski definition) is 0. The maximum absolute atomic E-state index is 4.76. The molecule has 23 heavy (non-hydrogen) atoms. The Balaban J connectivity index is 1.78. The van der Waals surface area contributed by atoms with Gasteiger partial charge >= 0.3 is 0 Å². The summed E-state index contributed by atoms with van der Waals surface area (Å²) in [6.45, 7) is 4.17. The Labute approximate surface area is 135 Å². The lowest BCUT2D eigenvalue weighted by atomic mass is 10.1. The van der Waals surface area contributed by atoms with E-state index in [1.807, 2.05) is 47.4 Å². The molecule has 0 bridgehead atoms. The molecule has 0 aliphatic rings. The van der Waals surface area contributed by atoms with E-state index < -0.39 is 0 Å². The Morgan fingerprint density at radius 2 is 1.91 bits per heavy atom. The number of aryl methyl sites for hydroxylation is 2. The van der Waals surface area contributed by atoms with Crippen LogP contribution in [0.15, 0.2) is 60.9 Å². The van der Waals surface area contributed by atoms with Crippen molar-refractivity contribution in [3.63, 3.8) is 0 Å². The molecule has 0 N–H and O–H groups in total. The number of fused-ring (bicyclic) bond motifs is 1. The second kappa shape index (κ2) is 5.36. The highest BCUT2D eigenvalue weighted by Gasteiger charge is 2.08. The third kappa shape index (κ3) is 2.50. The predicted molar refractivity (Wildman–Crippen MR) is 92.6 cm³/mol. The van der Waals surface area contributed by atoms with Gasteiger partial charge in [-0.25, -0.2) is 9.67 Å². The van der Waals surface area contributed by atoms with Crippen LogP contribution in [-0.2, 0) is 0 Å². The van der Waals surface area contributed by atoms with E-state index in [2.05, 4.69) is 43.2 Å². The molecule has 0 saturated heterocycles. The standard InChI is InChI=1S/C20H16N3/c1-14-7-9-17(10-8-14)23-13-16(12-21-23)20-11-15(2)18-5-3-4-6-19(18)22-20/h3-9,11-13H,1-2H3. The molecule has 0 amide bonds. The molecule has 111 valence electrons. The molecule has 4 rings (SSSR count). The van der Waals surface area contributed by atoms with Crippen LogP contribution in [0.1, 0.15) is 11.1 Å². The summed E-state index contributed by atoms with van der Waals surface area (Å²) in [7, 11) is 0. The second-order valence-corrected chi connectivity index (χ2v) is 5.77. The molecular formula is C20H16N3. The molecule has 3 nitrogen and oxygen atoms in total. The summed E-state index contributed by atoms with van der Waals surface area (Å²) in [5, 5.41) is 5.64. The van der Waals surface area contributed by atoms with Crippen LogP contribution in [0.25, 0.3) is 27.8 Å². The van der Waals surface area contributed by atoms with Crippen LogP contribution in [-0.4, -0.2) is 14.8 Å². The van der Waals surface area contributed by atoms with Crippen LogP contribution in [0, 0.1) is 19.9 Å². The summed E-state index contributed by atoms with van der Waals surface area (Å²) < 4.78 is 1.83. The molecule has 4 aromatic rings. The van der Waals surface area contributed by atoms with Crippen LogP contribution in [0.2, 0.25) is 0 Å². The minimum atomic E-state index is 0.930. The topological polar surface area (TPSA) is 30.7 Å². The summed E-state index contributed by atoms with van der Waals surface area (Å²) in [5.41, 5.74) is 6.30. The highest BCUT2D eigenvalue weighted by Crippen LogP contribution is 2.24. The molecule has 2 aromatic carbocycles. The maximum atomic E-state index is 4.76. The molecule has 2 heterocycles. The Bertz CT molecular complexity index is 981. The van der Waals surface area contributed by atoms with E-state index in [-0.39, 0.29) is 0 Å². The van der Waals surface area contributed by atoms with Gasteiger partial charge in [-0.15, -0.1) is 0 Å². The van der Waals surface area contributed by atoms with Crippen LogP contribution in [0.4, 0.5) is 0 Å². The van der Waals surface area contributed by atoms with Crippen molar-refractivity contribution in [1.82, 2.24) is 14.8 Å². The molecule has 0 atom stereocenters. The Morgan fingerprint density at radius 1 is 1.04 bits per heavy atom. The molecule has 0 fully saturated rings. The van der Waals surface area contributed by atoms with Gasteiger partial charge in [0, 0.05) is 23.2 Å². The van der Waals surface area contributed by atoms with Crippen molar-refractivity contribution in [2.75, 3.05) is 0 Å². The maximum Gasteiger partial charge on any atom is 0.0744 e. The van der Waals surface area contributed by atoms with Crippen molar-refractivity contribution in [3.05, 3.63) is 78.1 Å². The summed E-state index contributed by atoms with van der Waals surface area (Å²) in [5.74, 6) is 0. The van der Waals surface area contributed by atoms with Gasteiger partial charge in [0.1, 0.15) is 0 Å². The van der Waals surface area contributed by atoms with Crippen molar-refractivity contribution in [2.45, 2.75) is 13.8 Å². The molecule has 3 heteroatoms. The monoisotopic (exact) mass is 298 g/mol. The number of benzene rings is 2. The minimum absolute atomic E-state index is 0.930. The fourth-order valence-electron chi connectivity index (χ4n) is 2.72. The minimum Gasteiger partial charge on any atom is -0.248 e. The van der Waals surface area contributed by atoms with Gasteiger partial charge in [0.05, 0.1) is 23.1 Å². The average Bonchev–Trinajstić information content (AvgIpc) is 3.05. The summed E-state index contributed by atoms with van der Waals surface area (Å²) in [4.78, 5) is 4.76. The lowest BCUT2D eigenvalue weighted by Gasteiger charge is -2.05. The van der Waals surface area contributed by atoms with Crippen molar-refractivity contribution >= 4 is 10.9 Å². The number of hydrogen-bond acceptors (Lipinski definition) is 2. The van der Waals surface area contributed by atoms with Gasteiger partial charge < -0.3 is 0 Å². The number of pyridine rings is 1. The van der Waals surface area contributed by atoms with Crippen LogP contribution in [0.5, 0.6) is 0 Å². The SMILES string of the molecule is Cc1c[c]c(-n2cc(-c3cc(C)c4ccccc4n3)cn2)cc1. The van der Waals surface area contributed by atoms with E-state index in [4.69, 9.17) is 4.98 Å². The molecule has 0 aliphatic carbocycles. The molecule has 0 saturated carbocycles. The van der Waals surface area contributed by atoms with Crippen molar-refractivity contribution in [2.24, 2.45) is 0 Å². The molecule has 1 radical (unpaired) electrons. The first-order chi connectivity index (χ1) is 11.2. The van der Waals surface area contributed by atoms with E-state index >= 15 is 0 Å². The largest absolute Gasteiger partial charge is 0.248 e. The summed E-state index contributed by atoms with van der Waals surface area (Å²) >= 11 is 0. The van der Waals surface area contributed by atoms with Crippen LogP contribution in [0.3, 0.4) is 0 Å². The second-order valence-electron chi connectivity index (χ2n) is 5.77. The van der Waals surface area contributed by atoms with Gasteiger partial charge in [0.2, 0.25) is 0 Å². The molecule has 0 spiro atoms. The zero-order chi connectivity index (χ0) is 15.8. The van der Waals surface area contributed by atoms with Crippen molar-refractivity contribution < 1.29 is 0 Å². The lowest BCUT2D eigenvalue weighted by Crippen LogP contribution is -1.93. The zero-order valence-corrected chi connectivity index (χ0v) is 13.1. The van der Waals surface area contributed by atoms with E-state index in [9.17, 15) is 0 Å². The number of rotatable bonds is 2. The first-order valence-corrected chi connectivity index (χ1v) is 7.61. The van der Waals surface area contributed by atoms with E-state index in [0.717, 1.165) is 22.5 Å². The van der Waals surface area contributed by atoms with Gasteiger partial charge in [0.25, 0.3) is 0 Å². The Kier molecular flexibility index (Phi) is 3.19. The highest BCUT2D eigenvalue weighted by molar-refractivity contribution is 5.84. The fraction of sp³-hybridized carbons (Fsp3) is 0.100. The van der Waals surface area contributed by atoms with E-state index in [0.29, 0.717) is 0 Å². The van der Waals surface area contributed by atoms with Crippen LogP contribution >= 0.6 is 0 Å². The average molecular weight is 298 g/mol. The summed E-state index contributed by atoms with van der Waals surface area (Å²) in [6, 6.07) is 19.6. The lowest BCUT2D eigenvalue weighted by molar-refractivity contribution is 0.878. The van der Waals surface area contributed by atoms with Crippen molar-refractivity contribution in [1.29, 1.82) is 0 Å². The third-order valence-corrected chi connectivity index (χ3v) is 4.00. The number of aromatic nitrogens is 3. The van der Waals surface area contributed by atoms with Gasteiger partial charge in [-0.2, -0.15) is 5.10 Å². The van der Waals surface area contributed by atoms with Gasteiger partial charge in [0.15, 0.2) is 0 Å². The van der Waals surface area contributed by atoms with E-state index in [1.54, 1.807) is 0 Å². The predicted octanol–water partition coefficient (Wildman–Crippen LogP) is 4.50. The van der Waals surface area contributed by atoms with Gasteiger partial charge in [-0.3, -0.25) is 0 Å². The highest BCUT2D eigenvalue weighted by atomic mass is 15.3. The quantitative estimate of drug-likeness (QED) is 0.545. The molecule has 2 aromatic heterocycles. The molecule has 0 aliphatic heterocycles. The Morgan fingerprint density at radius 3 is 2.74 bits per heavy atom. The first kappa shape index (κ1) is 13.7. The molecular weight excluding hydrogens is 282 g/mol. The summed E-state index contributed by atoms with van der Waals surface area (Å²) in [6.07, 6.45) is 3.85. The van der Waals surface area contributed by atoms with E-state index in [1.165, 1.54) is 16.5 Å². The fourth-order valence-corrected chi connectivity index (χ4v) is 2.72. The van der Waals surface area contributed by atoms with Gasteiger partial charge in [-0.1, -0.05) is 29.8 Å².